The van der Waals surface area contributed by atoms with Gasteiger partial charge in [0.05, 0.1) is 12.6 Å². The predicted molar refractivity (Wildman–Crippen MR) is 139 cm³/mol. The largest absolute Gasteiger partial charge is 0.372 e. The average molecular weight is 501 g/mol. The van der Waals surface area contributed by atoms with Gasteiger partial charge in [0.2, 0.25) is 5.91 Å². The van der Waals surface area contributed by atoms with Gasteiger partial charge in [0.15, 0.2) is 11.4 Å². The van der Waals surface area contributed by atoms with Crippen molar-refractivity contribution in [1.82, 2.24) is 10.2 Å². The van der Waals surface area contributed by atoms with Crippen molar-refractivity contribution in [1.29, 1.82) is 0 Å². The third-order valence-corrected chi connectivity index (χ3v) is 9.59. The molecule has 2 amide bonds. The highest BCUT2D eigenvalue weighted by atomic mass is 16.3. The molecule has 1 aliphatic heterocycles. The molecule has 6 nitrogen and oxygen atoms in total. The molecule has 2 aromatic carbocycles. The quantitative estimate of drug-likeness (QED) is 0.604. The second kappa shape index (κ2) is 9.48. The number of aliphatic hydroxyl groups is 1. The standard InChI is InChI=1S/C31H36N2O4/c34-27(30-17-21-14-22(18-30)16-23(15-21)19-30)20-33-13-7-12-26(33)28(35)32-29(36)31(37,24-8-3-1-4-9-24)25-10-5-2-6-11-25/h1-6,8-11,21-23,26,37H,7,12-20H2,(H,32,35,36)/t21?,22?,23?,26-,30?/m0/s1. The van der Waals surface area contributed by atoms with E-state index < -0.39 is 23.5 Å². The van der Waals surface area contributed by atoms with Crippen LogP contribution < -0.4 is 5.32 Å². The van der Waals surface area contributed by atoms with Gasteiger partial charge in [-0.15, -0.1) is 0 Å². The molecule has 194 valence electrons. The Morgan fingerprint density at radius 2 is 1.38 bits per heavy atom. The van der Waals surface area contributed by atoms with Crippen molar-refractivity contribution in [3.05, 3.63) is 71.8 Å². The third kappa shape index (κ3) is 4.34. The fourth-order valence-electron chi connectivity index (χ4n) is 8.19. The maximum Gasteiger partial charge on any atom is 0.267 e. The first-order chi connectivity index (χ1) is 17.9. The van der Waals surface area contributed by atoms with E-state index in [9.17, 15) is 19.5 Å². The summed E-state index contributed by atoms with van der Waals surface area (Å²) in [7, 11) is 0. The normalized spacial score (nSPS) is 30.8. The van der Waals surface area contributed by atoms with Crippen LogP contribution in [0.15, 0.2) is 60.7 Å². The minimum Gasteiger partial charge on any atom is -0.372 e. The third-order valence-electron chi connectivity index (χ3n) is 9.59. The minimum atomic E-state index is -2.00. The first kappa shape index (κ1) is 24.5. The van der Waals surface area contributed by atoms with Crippen LogP contribution in [0.3, 0.4) is 0 Å². The first-order valence-corrected chi connectivity index (χ1v) is 13.8. The number of nitrogens with zero attached hydrogens (tertiary/aromatic N) is 1. The number of nitrogens with one attached hydrogen (secondary N) is 1. The van der Waals surface area contributed by atoms with Gasteiger partial charge >= 0.3 is 0 Å². The molecule has 1 atom stereocenters. The molecule has 37 heavy (non-hydrogen) atoms. The highest BCUT2D eigenvalue weighted by molar-refractivity contribution is 6.03. The van der Waals surface area contributed by atoms with Crippen LogP contribution in [-0.2, 0) is 20.0 Å². The van der Waals surface area contributed by atoms with Gasteiger partial charge < -0.3 is 5.11 Å². The summed E-state index contributed by atoms with van der Waals surface area (Å²) in [5.74, 6) is 1.17. The molecule has 2 aromatic rings. The molecule has 4 bridgehead atoms. The number of likely N-dealkylation sites (tertiary alicyclic amines) is 1. The Kier molecular flexibility index (Phi) is 6.28. The molecule has 5 aliphatic rings. The number of hydrogen-bond acceptors (Lipinski definition) is 5. The zero-order chi connectivity index (χ0) is 25.6. The van der Waals surface area contributed by atoms with E-state index >= 15 is 0 Å². The van der Waals surface area contributed by atoms with E-state index in [0.717, 1.165) is 25.7 Å². The predicted octanol–water partition coefficient (Wildman–Crippen LogP) is 3.82. The summed E-state index contributed by atoms with van der Waals surface area (Å²) in [5.41, 5.74) is -1.41. The molecular formula is C31H36N2O4. The molecule has 5 fully saturated rings. The first-order valence-electron chi connectivity index (χ1n) is 13.8. The number of carbonyl (C=O) groups is 3. The van der Waals surface area contributed by atoms with Crippen molar-refractivity contribution >= 4 is 17.6 Å². The SMILES string of the molecule is O=C(NC(=O)C(O)(c1ccccc1)c1ccccc1)[C@@H]1CCCN1CC(=O)C12CC3CC(CC(C3)C1)C2. The zero-order valence-electron chi connectivity index (χ0n) is 21.3. The zero-order valence-corrected chi connectivity index (χ0v) is 21.3. The molecular weight excluding hydrogens is 464 g/mol. The number of Topliss-reactive ketones (excluding diaryl/α,β-unsaturated/α-hetero) is 1. The monoisotopic (exact) mass is 500 g/mol. The van der Waals surface area contributed by atoms with E-state index in [1.54, 1.807) is 48.5 Å². The second-order valence-corrected chi connectivity index (χ2v) is 12.0. The molecule has 7 rings (SSSR count). The van der Waals surface area contributed by atoms with E-state index in [4.69, 9.17) is 0 Å². The van der Waals surface area contributed by atoms with Crippen LogP contribution in [0.2, 0.25) is 0 Å². The Morgan fingerprint density at radius 3 is 1.89 bits per heavy atom. The van der Waals surface area contributed by atoms with Crippen molar-refractivity contribution in [2.45, 2.75) is 63.0 Å². The molecule has 6 heteroatoms. The Balaban J connectivity index is 1.17. The topological polar surface area (TPSA) is 86.7 Å². The van der Waals surface area contributed by atoms with Crippen molar-refractivity contribution in [2.75, 3.05) is 13.1 Å². The van der Waals surface area contributed by atoms with E-state index in [1.807, 2.05) is 17.0 Å². The second-order valence-electron chi connectivity index (χ2n) is 12.0. The van der Waals surface area contributed by atoms with Crippen molar-refractivity contribution in [3.63, 3.8) is 0 Å². The van der Waals surface area contributed by atoms with Crippen molar-refractivity contribution in [3.8, 4) is 0 Å². The highest BCUT2D eigenvalue weighted by Gasteiger charge is 2.54. The van der Waals surface area contributed by atoms with Crippen LogP contribution in [0.5, 0.6) is 0 Å². The highest BCUT2D eigenvalue weighted by Crippen LogP contribution is 2.60. The number of benzene rings is 2. The summed E-state index contributed by atoms with van der Waals surface area (Å²) >= 11 is 0. The Hall–Kier alpha value is -2.83. The van der Waals surface area contributed by atoms with Crippen LogP contribution in [0.4, 0.5) is 0 Å². The van der Waals surface area contributed by atoms with Gasteiger partial charge in [-0.25, -0.2) is 0 Å². The van der Waals surface area contributed by atoms with Crippen LogP contribution in [0.1, 0.15) is 62.5 Å². The van der Waals surface area contributed by atoms with Crippen LogP contribution in [-0.4, -0.2) is 46.7 Å². The maximum absolute atomic E-state index is 13.7. The number of rotatable bonds is 7. The summed E-state index contributed by atoms with van der Waals surface area (Å²) in [6.45, 7) is 0.950. The van der Waals surface area contributed by atoms with Gasteiger partial charge in [0.1, 0.15) is 0 Å². The summed E-state index contributed by atoms with van der Waals surface area (Å²) in [5, 5.41) is 14.2. The molecule has 0 radical (unpaired) electrons. The summed E-state index contributed by atoms with van der Waals surface area (Å²) in [6, 6.07) is 16.8. The molecule has 4 saturated carbocycles. The molecule has 4 aliphatic carbocycles. The smallest absolute Gasteiger partial charge is 0.267 e. The minimum absolute atomic E-state index is 0.199. The lowest BCUT2D eigenvalue weighted by molar-refractivity contribution is -0.146. The fourth-order valence-corrected chi connectivity index (χ4v) is 8.19. The van der Waals surface area contributed by atoms with Gasteiger partial charge in [0, 0.05) is 5.41 Å². The van der Waals surface area contributed by atoms with Crippen LogP contribution in [0, 0.1) is 23.2 Å². The Labute approximate surface area is 218 Å². The van der Waals surface area contributed by atoms with E-state index in [1.165, 1.54) is 19.3 Å². The van der Waals surface area contributed by atoms with Gasteiger partial charge in [-0.1, -0.05) is 60.7 Å². The number of carbonyl (C=O) groups excluding carboxylic acids is 3. The maximum atomic E-state index is 13.7. The summed E-state index contributed by atoms with van der Waals surface area (Å²) in [4.78, 5) is 42.6. The van der Waals surface area contributed by atoms with Gasteiger partial charge in [-0.3, -0.25) is 24.6 Å². The lowest BCUT2D eigenvalue weighted by Crippen LogP contribution is -2.55. The molecule has 0 unspecified atom stereocenters. The molecule has 0 spiro atoms. The van der Waals surface area contributed by atoms with Gasteiger partial charge in [-0.2, -0.15) is 0 Å². The van der Waals surface area contributed by atoms with E-state index in [2.05, 4.69) is 5.32 Å². The number of imide groups is 1. The Bertz CT molecular complexity index is 1100. The molecule has 2 N–H and O–H groups in total. The summed E-state index contributed by atoms with van der Waals surface area (Å²) < 4.78 is 0. The number of ketones is 1. The van der Waals surface area contributed by atoms with Crippen molar-refractivity contribution in [2.24, 2.45) is 23.2 Å². The molecule has 1 heterocycles. The average Bonchev–Trinajstić information content (AvgIpc) is 3.36. The van der Waals surface area contributed by atoms with Gasteiger partial charge in [-0.05, 0) is 86.8 Å². The lowest BCUT2D eigenvalue weighted by Gasteiger charge is -2.56. The Morgan fingerprint density at radius 1 is 0.865 bits per heavy atom. The van der Waals surface area contributed by atoms with E-state index in [0.29, 0.717) is 47.6 Å². The van der Waals surface area contributed by atoms with Crippen molar-refractivity contribution < 1.29 is 19.5 Å². The number of hydrogen-bond donors (Lipinski definition) is 2. The van der Waals surface area contributed by atoms with E-state index in [-0.39, 0.29) is 12.0 Å². The lowest BCUT2D eigenvalue weighted by atomic mass is 9.48. The summed E-state index contributed by atoms with van der Waals surface area (Å²) in [6.07, 6.45) is 8.32. The number of amides is 2. The van der Waals surface area contributed by atoms with Gasteiger partial charge in [0.25, 0.3) is 5.91 Å². The van der Waals surface area contributed by atoms with Crippen LogP contribution in [0.25, 0.3) is 0 Å². The molecule has 0 aromatic heterocycles. The fraction of sp³-hybridized carbons (Fsp3) is 0.516. The molecule has 1 saturated heterocycles. The van der Waals surface area contributed by atoms with Crippen LogP contribution >= 0.6 is 0 Å².